The lowest BCUT2D eigenvalue weighted by atomic mass is 10.2. The lowest BCUT2D eigenvalue weighted by Crippen LogP contribution is -2.37. The molecule has 124 valence electrons. The third-order valence-corrected chi connectivity index (χ3v) is 3.50. The van der Waals surface area contributed by atoms with Crippen LogP contribution < -0.4 is 10.2 Å². The van der Waals surface area contributed by atoms with Crippen molar-refractivity contribution in [2.45, 2.75) is 33.2 Å². The molecule has 0 aromatic heterocycles. The number of hydrogen-bond donors (Lipinski definition) is 2. The molecule has 0 fully saturated rings. The lowest BCUT2D eigenvalue weighted by molar-refractivity contribution is 0.188. The van der Waals surface area contributed by atoms with E-state index in [2.05, 4.69) is 5.32 Å². The molecule has 6 heteroatoms. The van der Waals surface area contributed by atoms with Gasteiger partial charge in [-0.25, -0.2) is 9.18 Å². The molecule has 1 aromatic carbocycles. The molecular weight excluding hydrogens is 285 g/mol. The number of rotatable bonds is 7. The second kappa shape index (κ2) is 8.58. The molecule has 0 bridgehead atoms. The number of nitrogens with one attached hydrogen (secondary N) is 1. The Bertz CT molecular complexity index is 488. The highest BCUT2D eigenvalue weighted by atomic mass is 19.1. The third kappa shape index (κ3) is 4.87. The largest absolute Gasteiger partial charge is 0.395 e. The van der Waals surface area contributed by atoms with Crippen LogP contribution in [0.2, 0.25) is 0 Å². The van der Waals surface area contributed by atoms with Crippen LogP contribution in [-0.4, -0.2) is 48.8 Å². The Labute approximate surface area is 131 Å². The average Bonchev–Trinajstić information content (AvgIpc) is 2.46. The fourth-order valence-corrected chi connectivity index (χ4v) is 2.06. The van der Waals surface area contributed by atoms with E-state index >= 15 is 0 Å². The van der Waals surface area contributed by atoms with E-state index < -0.39 is 0 Å². The van der Waals surface area contributed by atoms with Crippen LogP contribution in [0.25, 0.3) is 0 Å². The van der Waals surface area contributed by atoms with E-state index in [1.807, 2.05) is 32.7 Å². The highest BCUT2D eigenvalue weighted by Crippen LogP contribution is 2.23. The first-order valence-corrected chi connectivity index (χ1v) is 7.59. The maximum Gasteiger partial charge on any atom is 0.321 e. The average molecular weight is 311 g/mol. The second-order valence-corrected chi connectivity index (χ2v) is 5.51. The number of urea groups is 1. The summed E-state index contributed by atoms with van der Waals surface area (Å²) in [5, 5.41) is 11.6. The Kier molecular flexibility index (Phi) is 7.11. The Morgan fingerprint density at radius 3 is 2.55 bits per heavy atom. The molecule has 5 nitrogen and oxygen atoms in total. The molecule has 0 aliphatic heterocycles. The maximum atomic E-state index is 14.2. The van der Waals surface area contributed by atoms with Crippen molar-refractivity contribution in [1.82, 2.24) is 4.90 Å². The third-order valence-electron chi connectivity index (χ3n) is 3.50. The number of hydrogen-bond acceptors (Lipinski definition) is 3. The minimum atomic E-state index is -0.377. The molecule has 0 unspecified atom stereocenters. The van der Waals surface area contributed by atoms with E-state index in [0.717, 1.165) is 6.42 Å². The SMILES string of the molecule is CCCN(CCO)C(=O)Nc1ccc(N(C)C(C)C)c(F)c1. The first-order chi connectivity index (χ1) is 10.4. The van der Waals surface area contributed by atoms with Gasteiger partial charge in [-0.2, -0.15) is 0 Å². The number of anilines is 2. The lowest BCUT2D eigenvalue weighted by Gasteiger charge is -2.25. The van der Waals surface area contributed by atoms with E-state index in [0.29, 0.717) is 17.9 Å². The fourth-order valence-electron chi connectivity index (χ4n) is 2.06. The molecule has 0 heterocycles. The number of aliphatic hydroxyl groups excluding tert-OH is 1. The quantitative estimate of drug-likeness (QED) is 0.814. The van der Waals surface area contributed by atoms with Crippen LogP contribution in [0.3, 0.4) is 0 Å². The highest BCUT2D eigenvalue weighted by Gasteiger charge is 2.15. The topological polar surface area (TPSA) is 55.8 Å². The zero-order valence-electron chi connectivity index (χ0n) is 13.8. The van der Waals surface area contributed by atoms with Crippen molar-refractivity contribution in [3.05, 3.63) is 24.0 Å². The van der Waals surface area contributed by atoms with Gasteiger partial charge in [0.1, 0.15) is 5.82 Å². The Morgan fingerprint density at radius 2 is 2.05 bits per heavy atom. The predicted molar refractivity (Wildman–Crippen MR) is 87.9 cm³/mol. The van der Waals surface area contributed by atoms with Gasteiger partial charge in [-0.15, -0.1) is 0 Å². The molecule has 0 spiro atoms. The molecule has 1 rings (SSSR count). The fraction of sp³-hybridized carbons (Fsp3) is 0.562. The Morgan fingerprint density at radius 1 is 1.36 bits per heavy atom. The van der Waals surface area contributed by atoms with Gasteiger partial charge >= 0.3 is 6.03 Å². The smallest absolute Gasteiger partial charge is 0.321 e. The summed E-state index contributed by atoms with van der Waals surface area (Å²) in [6.45, 7) is 6.62. The van der Waals surface area contributed by atoms with E-state index in [4.69, 9.17) is 5.11 Å². The molecule has 0 saturated heterocycles. The molecule has 0 radical (unpaired) electrons. The van der Waals surface area contributed by atoms with Crippen LogP contribution in [0.4, 0.5) is 20.6 Å². The summed E-state index contributed by atoms with van der Waals surface area (Å²) in [5.41, 5.74) is 0.899. The number of carbonyl (C=O) groups excluding carboxylic acids is 1. The monoisotopic (exact) mass is 311 g/mol. The van der Waals surface area contributed by atoms with Gasteiger partial charge in [0, 0.05) is 31.9 Å². The summed E-state index contributed by atoms with van der Waals surface area (Å²) >= 11 is 0. The predicted octanol–water partition coefficient (Wildman–Crippen LogP) is 2.91. The molecule has 2 amide bonds. The number of carbonyl (C=O) groups is 1. The molecule has 2 N–H and O–H groups in total. The van der Waals surface area contributed by atoms with Crippen molar-refractivity contribution < 1.29 is 14.3 Å². The first-order valence-electron chi connectivity index (χ1n) is 7.59. The van der Waals surface area contributed by atoms with Gasteiger partial charge in [0.15, 0.2) is 0 Å². The van der Waals surface area contributed by atoms with Crippen molar-refractivity contribution in [3.63, 3.8) is 0 Å². The molecule has 0 aliphatic rings. The molecule has 22 heavy (non-hydrogen) atoms. The zero-order valence-corrected chi connectivity index (χ0v) is 13.8. The summed E-state index contributed by atoms with van der Waals surface area (Å²) in [7, 11) is 1.82. The normalized spacial score (nSPS) is 10.7. The van der Waals surface area contributed by atoms with E-state index in [1.54, 1.807) is 12.1 Å². The molecule has 1 aromatic rings. The number of amides is 2. The van der Waals surface area contributed by atoms with Crippen LogP contribution >= 0.6 is 0 Å². The van der Waals surface area contributed by atoms with Gasteiger partial charge in [-0.3, -0.25) is 0 Å². The standard InChI is InChI=1S/C16H26FN3O2/c1-5-8-20(9-10-21)16(22)18-13-6-7-15(14(17)11-13)19(4)12(2)3/h6-7,11-12,21H,5,8-10H2,1-4H3,(H,18,22). The summed E-state index contributed by atoms with van der Waals surface area (Å²) in [6, 6.07) is 4.49. The summed E-state index contributed by atoms with van der Waals surface area (Å²) in [6.07, 6.45) is 0.792. The van der Waals surface area contributed by atoms with Crippen molar-refractivity contribution in [2.24, 2.45) is 0 Å². The molecule has 0 saturated carbocycles. The van der Waals surface area contributed by atoms with Crippen LogP contribution in [-0.2, 0) is 0 Å². The van der Waals surface area contributed by atoms with Crippen LogP contribution in [0, 0.1) is 5.82 Å². The number of halogens is 1. The van der Waals surface area contributed by atoms with Crippen molar-refractivity contribution >= 4 is 17.4 Å². The van der Waals surface area contributed by atoms with E-state index in [1.165, 1.54) is 11.0 Å². The maximum absolute atomic E-state index is 14.2. The van der Waals surface area contributed by atoms with Gasteiger partial charge < -0.3 is 20.2 Å². The minimum Gasteiger partial charge on any atom is -0.395 e. The van der Waals surface area contributed by atoms with Gasteiger partial charge in [-0.1, -0.05) is 6.92 Å². The van der Waals surface area contributed by atoms with Gasteiger partial charge in [0.05, 0.1) is 12.3 Å². The van der Waals surface area contributed by atoms with Gasteiger partial charge in [0.2, 0.25) is 0 Å². The Balaban J connectivity index is 2.82. The van der Waals surface area contributed by atoms with E-state index in [-0.39, 0.29) is 31.0 Å². The van der Waals surface area contributed by atoms with Crippen molar-refractivity contribution in [2.75, 3.05) is 37.0 Å². The van der Waals surface area contributed by atoms with E-state index in [9.17, 15) is 9.18 Å². The minimum absolute atomic E-state index is 0.0973. The van der Waals surface area contributed by atoms with Gasteiger partial charge in [0.25, 0.3) is 0 Å². The number of nitrogens with zero attached hydrogens (tertiary/aromatic N) is 2. The van der Waals surface area contributed by atoms with Crippen molar-refractivity contribution in [3.8, 4) is 0 Å². The molecular formula is C16H26FN3O2. The highest BCUT2D eigenvalue weighted by molar-refractivity contribution is 5.89. The van der Waals surface area contributed by atoms with Crippen LogP contribution in [0.1, 0.15) is 27.2 Å². The van der Waals surface area contributed by atoms with Crippen LogP contribution in [0.15, 0.2) is 18.2 Å². The summed E-state index contributed by atoms with van der Waals surface area (Å²) in [5.74, 6) is -0.377. The first kappa shape index (κ1) is 18.2. The molecule has 0 aliphatic carbocycles. The van der Waals surface area contributed by atoms with Gasteiger partial charge in [-0.05, 0) is 38.5 Å². The summed E-state index contributed by atoms with van der Waals surface area (Å²) in [4.78, 5) is 15.4. The molecule has 0 atom stereocenters. The zero-order chi connectivity index (χ0) is 16.7. The Hall–Kier alpha value is -1.82. The number of benzene rings is 1. The second-order valence-electron chi connectivity index (χ2n) is 5.51. The van der Waals surface area contributed by atoms with Crippen LogP contribution in [0.5, 0.6) is 0 Å². The van der Waals surface area contributed by atoms with Crippen molar-refractivity contribution in [1.29, 1.82) is 0 Å². The number of aliphatic hydroxyl groups is 1. The summed E-state index contributed by atoms with van der Waals surface area (Å²) < 4.78 is 14.2.